The summed E-state index contributed by atoms with van der Waals surface area (Å²) in [5.41, 5.74) is 6.88. The van der Waals surface area contributed by atoms with Gasteiger partial charge in [0, 0.05) is 24.2 Å². The fourth-order valence-corrected chi connectivity index (χ4v) is 2.39. The lowest BCUT2D eigenvalue weighted by atomic mass is 10.1. The van der Waals surface area contributed by atoms with Gasteiger partial charge in [-0.3, -0.25) is 4.79 Å². The molecule has 1 atom stereocenters. The average molecular weight is 342 g/mol. The third kappa shape index (κ3) is 3.80. The number of rotatable bonds is 5. The van der Waals surface area contributed by atoms with Crippen molar-refractivity contribution in [2.75, 3.05) is 6.54 Å². The Kier molecular flexibility index (Phi) is 5.45. The highest BCUT2D eigenvalue weighted by Gasteiger charge is 2.28. The van der Waals surface area contributed by atoms with E-state index in [9.17, 15) is 4.79 Å². The molecule has 1 aliphatic rings. The van der Waals surface area contributed by atoms with Gasteiger partial charge in [-0.1, -0.05) is 28.9 Å². The maximum Gasteiger partial charge on any atom is 0.273 e. The lowest BCUT2D eigenvalue weighted by Gasteiger charge is -2.09. The molecule has 7 heteroatoms. The minimum atomic E-state index is -0.284. The van der Waals surface area contributed by atoms with Crippen molar-refractivity contribution in [1.29, 1.82) is 0 Å². The number of benzene rings is 1. The van der Waals surface area contributed by atoms with Crippen LogP contribution in [0.4, 0.5) is 0 Å². The Hall–Kier alpha value is -1.56. The lowest BCUT2D eigenvalue weighted by Crippen LogP contribution is -2.38. The molecule has 0 spiro atoms. The van der Waals surface area contributed by atoms with Crippen LogP contribution >= 0.6 is 24.0 Å². The Morgan fingerprint density at radius 1 is 1.45 bits per heavy atom. The highest BCUT2D eigenvalue weighted by molar-refractivity contribution is 6.33. The normalized spacial score (nSPS) is 15.0. The largest absolute Gasteiger partial charge is 0.355 e. The minimum absolute atomic E-state index is 0. The Morgan fingerprint density at radius 3 is 2.86 bits per heavy atom. The number of carbonyl (C=O) groups excluding carboxylic acids is 1. The van der Waals surface area contributed by atoms with Gasteiger partial charge in [0.2, 0.25) is 0 Å². The molecule has 5 nitrogen and oxygen atoms in total. The van der Waals surface area contributed by atoms with E-state index in [-0.39, 0.29) is 30.0 Å². The van der Waals surface area contributed by atoms with Gasteiger partial charge in [-0.25, -0.2) is 0 Å². The van der Waals surface area contributed by atoms with Gasteiger partial charge in [0.1, 0.15) is 0 Å². The molecule has 1 aromatic heterocycles. The summed E-state index contributed by atoms with van der Waals surface area (Å²) in [5.74, 6) is 0.728. The van der Waals surface area contributed by atoms with Crippen molar-refractivity contribution in [3.8, 4) is 11.3 Å². The Morgan fingerprint density at radius 2 is 2.18 bits per heavy atom. The van der Waals surface area contributed by atoms with E-state index in [1.807, 2.05) is 18.2 Å². The maximum absolute atomic E-state index is 12.0. The molecule has 0 saturated heterocycles. The number of hydrogen-bond acceptors (Lipinski definition) is 4. The molecule has 0 bridgehead atoms. The molecule has 1 saturated carbocycles. The van der Waals surface area contributed by atoms with E-state index in [1.54, 1.807) is 12.1 Å². The molecule has 1 aliphatic carbocycles. The third-order valence-corrected chi connectivity index (χ3v) is 3.94. The lowest BCUT2D eigenvalue weighted by molar-refractivity contribution is 0.0941. The second-order valence-corrected chi connectivity index (χ2v) is 5.67. The summed E-state index contributed by atoms with van der Waals surface area (Å²) < 4.78 is 5.19. The summed E-state index contributed by atoms with van der Waals surface area (Å²) in [5, 5.41) is 7.12. The first-order chi connectivity index (χ1) is 10.1. The van der Waals surface area contributed by atoms with E-state index in [1.165, 1.54) is 0 Å². The Balaban J connectivity index is 0.00000176. The zero-order valence-corrected chi connectivity index (χ0v) is 13.4. The second-order valence-electron chi connectivity index (χ2n) is 5.27. The molecule has 3 rings (SSSR count). The second kappa shape index (κ2) is 7.13. The van der Waals surface area contributed by atoms with Crippen molar-refractivity contribution >= 4 is 29.9 Å². The van der Waals surface area contributed by atoms with Crippen molar-refractivity contribution in [3.05, 3.63) is 41.0 Å². The van der Waals surface area contributed by atoms with Crippen LogP contribution in [-0.2, 0) is 0 Å². The molecule has 1 amide bonds. The maximum atomic E-state index is 12.0. The minimum Gasteiger partial charge on any atom is -0.355 e. The van der Waals surface area contributed by atoms with Crippen LogP contribution in [0, 0.1) is 5.92 Å². The topological polar surface area (TPSA) is 81.1 Å². The molecule has 0 aliphatic heterocycles. The van der Waals surface area contributed by atoms with Crippen LogP contribution in [0.25, 0.3) is 11.3 Å². The smallest absolute Gasteiger partial charge is 0.273 e. The van der Waals surface area contributed by atoms with Crippen LogP contribution in [0.15, 0.2) is 34.9 Å². The van der Waals surface area contributed by atoms with E-state index < -0.39 is 0 Å². The Labute approximate surface area is 139 Å². The summed E-state index contributed by atoms with van der Waals surface area (Å²) in [6.45, 7) is 0.456. The number of nitrogens with one attached hydrogen (secondary N) is 1. The zero-order chi connectivity index (χ0) is 14.8. The predicted octanol–water partition coefficient (Wildman–Crippen LogP) is 2.88. The molecule has 1 unspecified atom stereocenters. The van der Waals surface area contributed by atoms with Crippen LogP contribution in [0.5, 0.6) is 0 Å². The predicted molar refractivity (Wildman–Crippen MR) is 87.2 cm³/mol. The van der Waals surface area contributed by atoms with Crippen molar-refractivity contribution in [2.45, 2.75) is 18.9 Å². The molecule has 118 valence electrons. The standard InChI is InChI=1S/C15H16ClN3O2.ClH/c16-11-4-2-1-3-10(11)14-7-13(19-21-14)15(20)18-8-12(17)9-5-6-9;/h1-4,7,9,12H,5-6,8,17H2,(H,18,20);1H. The molecule has 1 aromatic carbocycles. The van der Waals surface area contributed by atoms with Crippen molar-refractivity contribution in [2.24, 2.45) is 11.7 Å². The van der Waals surface area contributed by atoms with E-state index in [4.69, 9.17) is 21.9 Å². The molecule has 1 fully saturated rings. The number of amides is 1. The van der Waals surface area contributed by atoms with Crippen molar-refractivity contribution < 1.29 is 9.32 Å². The van der Waals surface area contributed by atoms with Gasteiger partial charge in [0.15, 0.2) is 11.5 Å². The van der Waals surface area contributed by atoms with Gasteiger partial charge in [-0.15, -0.1) is 12.4 Å². The van der Waals surface area contributed by atoms with E-state index in [0.717, 1.165) is 12.8 Å². The molecule has 0 radical (unpaired) electrons. The molecule has 2 aromatic rings. The van der Waals surface area contributed by atoms with Crippen LogP contribution in [0.1, 0.15) is 23.3 Å². The van der Waals surface area contributed by atoms with Crippen LogP contribution in [-0.4, -0.2) is 23.7 Å². The molecular weight excluding hydrogens is 325 g/mol. The number of hydrogen-bond donors (Lipinski definition) is 2. The first-order valence-corrected chi connectivity index (χ1v) is 7.28. The highest BCUT2D eigenvalue weighted by atomic mass is 35.5. The molecule has 3 N–H and O–H groups in total. The van der Waals surface area contributed by atoms with Crippen LogP contribution in [0.3, 0.4) is 0 Å². The average Bonchev–Trinajstić information content (AvgIpc) is 3.23. The summed E-state index contributed by atoms with van der Waals surface area (Å²) in [7, 11) is 0. The van der Waals surface area contributed by atoms with Crippen molar-refractivity contribution in [3.63, 3.8) is 0 Å². The molecule has 1 heterocycles. The van der Waals surface area contributed by atoms with Crippen molar-refractivity contribution in [1.82, 2.24) is 10.5 Å². The Bertz CT molecular complexity index is 656. The number of nitrogens with two attached hydrogens (primary N) is 1. The van der Waals surface area contributed by atoms with Gasteiger partial charge in [-0.05, 0) is 30.9 Å². The molecular formula is C15H17Cl2N3O2. The fraction of sp³-hybridized carbons (Fsp3) is 0.333. The van der Waals surface area contributed by atoms with Gasteiger partial charge < -0.3 is 15.6 Å². The third-order valence-electron chi connectivity index (χ3n) is 3.61. The summed E-state index contributed by atoms with van der Waals surface area (Å²) in [6.07, 6.45) is 2.30. The highest BCUT2D eigenvalue weighted by Crippen LogP contribution is 2.31. The summed E-state index contributed by atoms with van der Waals surface area (Å²) >= 11 is 6.09. The monoisotopic (exact) mass is 341 g/mol. The number of aromatic nitrogens is 1. The van der Waals surface area contributed by atoms with Gasteiger partial charge >= 0.3 is 0 Å². The van der Waals surface area contributed by atoms with Gasteiger partial charge in [0.05, 0.1) is 5.02 Å². The van der Waals surface area contributed by atoms with E-state index in [0.29, 0.717) is 28.8 Å². The quantitative estimate of drug-likeness (QED) is 0.875. The van der Waals surface area contributed by atoms with Crippen LogP contribution in [0.2, 0.25) is 5.02 Å². The van der Waals surface area contributed by atoms with Gasteiger partial charge in [0.25, 0.3) is 5.91 Å². The van der Waals surface area contributed by atoms with E-state index >= 15 is 0 Å². The number of carbonyl (C=O) groups is 1. The first-order valence-electron chi connectivity index (χ1n) is 6.90. The summed E-state index contributed by atoms with van der Waals surface area (Å²) in [4.78, 5) is 12.0. The number of nitrogens with zero attached hydrogens (tertiary/aromatic N) is 1. The van der Waals surface area contributed by atoms with E-state index in [2.05, 4.69) is 10.5 Å². The fourth-order valence-electron chi connectivity index (χ4n) is 2.16. The van der Waals surface area contributed by atoms with Crippen LogP contribution < -0.4 is 11.1 Å². The molecule has 22 heavy (non-hydrogen) atoms. The number of halogens is 2. The van der Waals surface area contributed by atoms with Gasteiger partial charge in [-0.2, -0.15) is 0 Å². The first kappa shape index (κ1) is 16.8. The summed E-state index contributed by atoms with van der Waals surface area (Å²) in [6, 6.07) is 8.84. The SMILES string of the molecule is Cl.NC(CNC(=O)c1cc(-c2ccccc2Cl)on1)C1CC1. The zero-order valence-electron chi connectivity index (χ0n) is 11.8.